The summed E-state index contributed by atoms with van der Waals surface area (Å²) in [5.41, 5.74) is 3.96. The highest BCUT2D eigenvalue weighted by atomic mass is 35.5. The normalized spacial score (nSPS) is 15.8. The molecule has 0 spiro atoms. The molecule has 0 saturated carbocycles. The van der Waals surface area contributed by atoms with Gasteiger partial charge in [0.1, 0.15) is 5.00 Å². The molecule has 4 rings (SSSR count). The Bertz CT molecular complexity index is 1150. The van der Waals surface area contributed by atoms with Gasteiger partial charge in [-0.2, -0.15) is 4.37 Å². The van der Waals surface area contributed by atoms with Gasteiger partial charge < -0.3 is 15.5 Å². The maximum atomic E-state index is 13.2. The first kappa shape index (κ1) is 20.5. The Balaban J connectivity index is 1.73. The molecule has 1 aromatic heterocycles. The third kappa shape index (κ3) is 4.21. The average molecular weight is 456 g/mol. The van der Waals surface area contributed by atoms with Crippen molar-refractivity contribution < 1.29 is 4.79 Å². The first-order chi connectivity index (χ1) is 14.4. The largest absolute Gasteiger partial charge is 0.333 e. The number of benzodiazepines with no additional fused rings is 1. The lowest BCUT2D eigenvalue weighted by Gasteiger charge is -2.21. The van der Waals surface area contributed by atoms with E-state index in [0.29, 0.717) is 15.8 Å². The average Bonchev–Trinajstić information content (AvgIpc) is 3.11. The Morgan fingerprint density at radius 3 is 2.67 bits per heavy atom. The smallest absolute Gasteiger partial charge is 0.272 e. The number of thiocarbonyl (C=S) groups is 1. The van der Waals surface area contributed by atoms with Crippen LogP contribution in [0.5, 0.6) is 0 Å². The second-order valence-electron chi connectivity index (χ2n) is 6.74. The second kappa shape index (κ2) is 8.51. The molecule has 152 valence electrons. The molecule has 0 fully saturated rings. The third-order valence-electron chi connectivity index (χ3n) is 4.58. The summed E-state index contributed by atoms with van der Waals surface area (Å²) >= 11 is 13.0. The number of amides is 1. The van der Waals surface area contributed by atoms with Crippen molar-refractivity contribution in [1.82, 2.24) is 9.69 Å². The molecule has 30 heavy (non-hydrogen) atoms. The van der Waals surface area contributed by atoms with Gasteiger partial charge in [-0.05, 0) is 54.9 Å². The van der Waals surface area contributed by atoms with Crippen LogP contribution in [-0.2, 0) is 4.79 Å². The predicted molar refractivity (Wildman–Crippen MR) is 127 cm³/mol. The van der Waals surface area contributed by atoms with Crippen molar-refractivity contribution in [3.05, 3.63) is 76.4 Å². The van der Waals surface area contributed by atoms with Crippen LogP contribution < -0.4 is 15.5 Å². The number of aryl methyl sites for hydroxylation is 1. The zero-order chi connectivity index (χ0) is 21.3. The van der Waals surface area contributed by atoms with Gasteiger partial charge in [0.05, 0.1) is 17.1 Å². The van der Waals surface area contributed by atoms with Gasteiger partial charge in [0, 0.05) is 23.2 Å². The van der Waals surface area contributed by atoms with Crippen LogP contribution in [0.1, 0.15) is 16.8 Å². The molecule has 1 unspecified atom stereocenters. The lowest BCUT2D eigenvalue weighted by molar-refractivity contribution is -0.119. The zero-order valence-corrected chi connectivity index (χ0v) is 18.6. The fraction of sp³-hybridized carbons (Fsp3) is 0.143. The van der Waals surface area contributed by atoms with E-state index in [4.69, 9.17) is 28.8 Å². The highest BCUT2D eigenvalue weighted by molar-refractivity contribution is 7.80. The van der Waals surface area contributed by atoms with Crippen LogP contribution in [-0.4, -0.2) is 34.3 Å². The van der Waals surface area contributed by atoms with Crippen LogP contribution in [0.25, 0.3) is 0 Å². The highest BCUT2D eigenvalue weighted by Gasteiger charge is 2.30. The molecule has 1 atom stereocenters. The van der Waals surface area contributed by atoms with E-state index in [0.717, 1.165) is 27.5 Å². The number of benzene rings is 2. The van der Waals surface area contributed by atoms with Crippen molar-refractivity contribution in [1.29, 1.82) is 0 Å². The molecule has 2 aromatic carbocycles. The number of hydrogen-bond acceptors (Lipinski definition) is 5. The maximum Gasteiger partial charge on any atom is 0.272 e. The summed E-state index contributed by atoms with van der Waals surface area (Å²) in [5.74, 6) is -0.228. The van der Waals surface area contributed by atoms with Crippen molar-refractivity contribution in [3.8, 4) is 0 Å². The fourth-order valence-electron chi connectivity index (χ4n) is 3.16. The topological polar surface area (TPSA) is 69.6 Å². The van der Waals surface area contributed by atoms with Crippen LogP contribution in [0.4, 0.5) is 10.7 Å². The molecule has 3 aromatic rings. The van der Waals surface area contributed by atoms with Gasteiger partial charge in [-0.15, -0.1) is 0 Å². The van der Waals surface area contributed by atoms with Crippen LogP contribution in [0.3, 0.4) is 0 Å². The molecule has 1 amide bonds. The van der Waals surface area contributed by atoms with Crippen molar-refractivity contribution in [2.24, 2.45) is 4.99 Å². The van der Waals surface area contributed by atoms with Crippen LogP contribution >= 0.6 is 35.4 Å². The van der Waals surface area contributed by atoms with E-state index in [-0.39, 0.29) is 5.91 Å². The standard InChI is InChI=1S/C21H18ClN5OS2/c1-12-10-17(30-26-12)23-21(29)25-19-20(28)27(2)16-9-8-14(22)11-15(16)18(24-19)13-6-4-3-5-7-13/h3-11,19H,1-2H3,(H2,23,25,29). The Kier molecular flexibility index (Phi) is 5.80. The second-order valence-corrected chi connectivity index (χ2v) is 8.39. The van der Waals surface area contributed by atoms with E-state index < -0.39 is 6.17 Å². The van der Waals surface area contributed by atoms with E-state index in [2.05, 4.69) is 15.0 Å². The molecule has 0 radical (unpaired) electrons. The van der Waals surface area contributed by atoms with E-state index >= 15 is 0 Å². The molecular formula is C21H18ClN5OS2. The highest BCUT2D eigenvalue weighted by Crippen LogP contribution is 2.30. The number of halogens is 1. The van der Waals surface area contributed by atoms with Crippen molar-refractivity contribution >= 4 is 62.8 Å². The maximum absolute atomic E-state index is 13.2. The Morgan fingerprint density at radius 1 is 1.20 bits per heavy atom. The van der Waals surface area contributed by atoms with Gasteiger partial charge in [0.25, 0.3) is 5.91 Å². The Morgan fingerprint density at radius 2 is 1.97 bits per heavy atom. The summed E-state index contributed by atoms with van der Waals surface area (Å²) < 4.78 is 4.22. The lowest BCUT2D eigenvalue weighted by Crippen LogP contribution is -2.47. The first-order valence-electron chi connectivity index (χ1n) is 9.14. The van der Waals surface area contributed by atoms with Crippen LogP contribution in [0.15, 0.2) is 59.6 Å². The molecule has 1 aliphatic rings. The first-order valence-corrected chi connectivity index (χ1v) is 10.7. The summed E-state index contributed by atoms with van der Waals surface area (Å²) in [4.78, 5) is 19.5. The van der Waals surface area contributed by atoms with E-state index in [1.54, 1.807) is 18.0 Å². The van der Waals surface area contributed by atoms with Gasteiger partial charge in [-0.1, -0.05) is 41.9 Å². The van der Waals surface area contributed by atoms with Gasteiger partial charge in [-0.25, -0.2) is 4.99 Å². The number of hydrogen-bond donors (Lipinski definition) is 2. The summed E-state index contributed by atoms with van der Waals surface area (Å²) in [6, 6.07) is 17.0. The monoisotopic (exact) mass is 455 g/mol. The van der Waals surface area contributed by atoms with E-state index in [1.165, 1.54) is 11.5 Å². The summed E-state index contributed by atoms with van der Waals surface area (Å²) in [5, 5.41) is 7.76. The van der Waals surface area contributed by atoms with E-state index in [1.807, 2.05) is 55.5 Å². The number of aliphatic imine (C=N–C) groups is 1. The molecule has 0 aliphatic carbocycles. The predicted octanol–water partition coefficient (Wildman–Crippen LogP) is 4.23. The summed E-state index contributed by atoms with van der Waals surface area (Å²) in [6.45, 7) is 1.90. The number of carbonyl (C=O) groups is 1. The number of nitrogens with one attached hydrogen (secondary N) is 2. The number of anilines is 2. The third-order valence-corrected chi connectivity index (χ3v) is 5.83. The van der Waals surface area contributed by atoms with Crippen molar-refractivity contribution in [2.45, 2.75) is 13.1 Å². The summed E-state index contributed by atoms with van der Waals surface area (Å²) in [6.07, 6.45) is -0.898. The zero-order valence-electron chi connectivity index (χ0n) is 16.2. The number of nitrogens with zero attached hydrogens (tertiary/aromatic N) is 3. The van der Waals surface area contributed by atoms with Crippen molar-refractivity contribution in [3.63, 3.8) is 0 Å². The number of likely N-dealkylation sites (N-methyl/N-ethyl adjacent to an activating group) is 1. The van der Waals surface area contributed by atoms with Crippen LogP contribution in [0, 0.1) is 6.92 Å². The number of rotatable bonds is 3. The molecular weight excluding hydrogens is 438 g/mol. The summed E-state index contributed by atoms with van der Waals surface area (Å²) in [7, 11) is 1.72. The van der Waals surface area contributed by atoms with E-state index in [9.17, 15) is 4.79 Å². The fourth-order valence-corrected chi connectivity index (χ4v) is 4.29. The molecule has 2 N–H and O–H groups in total. The number of aromatic nitrogens is 1. The molecule has 9 heteroatoms. The quantitative estimate of drug-likeness (QED) is 0.578. The minimum atomic E-state index is -0.898. The Hall–Kier alpha value is -2.81. The van der Waals surface area contributed by atoms with Crippen LogP contribution in [0.2, 0.25) is 5.02 Å². The molecule has 1 aliphatic heterocycles. The molecule has 0 bridgehead atoms. The Labute approximate surface area is 188 Å². The van der Waals surface area contributed by atoms with Gasteiger partial charge in [0.15, 0.2) is 5.11 Å². The number of carbonyl (C=O) groups excluding carboxylic acids is 1. The van der Waals surface area contributed by atoms with Gasteiger partial charge in [0.2, 0.25) is 6.17 Å². The SMILES string of the molecule is Cc1cc(NC(=S)NC2N=C(c3ccccc3)c3cc(Cl)ccc3N(C)C2=O)sn1. The molecule has 0 saturated heterocycles. The minimum Gasteiger partial charge on any atom is -0.333 e. The molecule has 2 heterocycles. The minimum absolute atomic E-state index is 0.228. The van der Waals surface area contributed by atoms with Gasteiger partial charge in [-0.3, -0.25) is 4.79 Å². The van der Waals surface area contributed by atoms with Crippen molar-refractivity contribution in [2.75, 3.05) is 17.3 Å². The molecule has 6 nitrogen and oxygen atoms in total. The lowest BCUT2D eigenvalue weighted by atomic mass is 10.0. The number of fused-ring (bicyclic) bond motifs is 1. The van der Waals surface area contributed by atoms with Gasteiger partial charge >= 0.3 is 0 Å².